The SMILES string of the molecule is O=S1(=O)CCCCC1c1ncc2n1C(O)CCC2. The van der Waals surface area contributed by atoms with E-state index in [0.717, 1.165) is 31.4 Å². The summed E-state index contributed by atoms with van der Waals surface area (Å²) >= 11 is 0. The molecule has 2 atom stereocenters. The van der Waals surface area contributed by atoms with Crippen molar-refractivity contribution in [3.63, 3.8) is 0 Å². The number of fused-ring (bicyclic) bond motifs is 1. The van der Waals surface area contributed by atoms with Crippen molar-refractivity contribution >= 4 is 9.84 Å². The van der Waals surface area contributed by atoms with Crippen LogP contribution >= 0.6 is 0 Å². The highest BCUT2D eigenvalue weighted by molar-refractivity contribution is 7.91. The van der Waals surface area contributed by atoms with E-state index in [1.165, 1.54) is 0 Å². The van der Waals surface area contributed by atoms with Crippen LogP contribution in [0.15, 0.2) is 6.20 Å². The molecule has 0 radical (unpaired) electrons. The maximum atomic E-state index is 12.1. The number of hydrogen-bond donors (Lipinski definition) is 1. The number of aliphatic hydroxyl groups is 1. The highest BCUT2D eigenvalue weighted by Crippen LogP contribution is 2.36. The molecule has 3 heterocycles. The second-order valence-electron chi connectivity index (χ2n) is 5.20. The zero-order valence-corrected chi connectivity index (χ0v) is 11.1. The molecule has 1 saturated heterocycles. The van der Waals surface area contributed by atoms with Gasteiger partial charge in [0, 0.05) is 11.9 Å². The van der Waals surface area contributed by atoms with Gasteiger partial charge in [0.1, 0.15) is 17.3 Å². The summed E-state index contributed by atoms with van der Waals surface area (Å²) in [5.41, 5.74) is 0.963. The zero-order chi connectivity index (χ0) is 12.8. The predicted octanol–water partition coefficient (Wildman–Crippen LogP) is 1.35. The number of hydrogen-bond acceptors (Lipinski definition) is 4. The van der Waals surface area contributed by atoms with Gasteiger partial charge in [-0.3, -0.25) is 0 Å². The fourth-order valence-corrected chi connectivity index (χ4v) is 4.93. The summed E-state index contributed by atoms with van der Waals surface area (Å²) in [6.07, 6.45) is 5.90. The van der Waals surface area contributed by atoms with Crippen molar-refractivity contribution in [2.24, 2.45) is 0 Å². The summed E-state index contributed by atoms with van der Waals surface area (Å²) in [6.45, 7) is 0. The maximum absolute atomic E-state index is 12.1. The molecular weight excluding hydrogens is 252 g/mol. The van der Waals surface area contributed by atoms with Crippen LogP contribution in [0, 0.1) is 0 Å². The van der Waals surface area contributed by atoms with Gasteiger partial charge in [0.05, 0.1) is 5.75 Å². The van der Waals surface area contributed by atoms with Crippen molar-refractivity contribution in [2.75, 3.05) is 5.75 Å². The van der Waals surface area contributed by atoms with Crippen LogP contribution in [-0.2, 0) is 16.3 Å². The lowest BCUT2D eigenvalue weighted by Gasteiger charge is -2.27. The summed E-state index contributed by atoms with van der Waals surface area (Å²) in [5, 5.41) is 9.54. The molecule has 0 aromatic carbocycles. The van der Waals surface area contributed by atoms with Gasteiger partial charge in [-0.15, -0.1) is 0 Å². The van der Waals surface area contributed by atoms with E-state index in [4.69, 9.17) is 0 Å². The first-order valence-electron chi connectivity index (χ1n) is 6.55. The summed E-state index contributed by atoms with van der Waals surface area (Å²) in [5.74, 6) is 0.799. The number of aliphatic hydroxyl groups excluding tert-OH is 1. The van der Waals surface area contributed by atoms with Gasteiger partial charge in [0.15, 0.2) is 9.84 Å². The van der Waals surface area contributed by atoms with Gasteiger partial charge in [-0.05, 0) is 32.1 Å². The topological polar surface area (TPSA) is 72.2 Å². The van der Waals surface area contributed by atoms with E-state index < -0.39 is 21.3 Å². The van der Waals surface area contributed by atoms with E-state index in [2.05, 4.69) is 4.98 Å². The fraction of sp³-hybridized carbons (Fsp3) is 0.750. The van der Waals surface area contributed by atoms with Gasteiger partial charge in [0.25, 0.3) is 0 Å². The summed E-state index contributed by atoms with van der Waals surface area (Å²) in [4.78, 5) is 4.29. The number of imidazole rings is 1. The zero-order valence-electron chi connectivity index (χ0n) is 10.2. The van der Waals surface area contributed by atoms with Crippen LogP contribution in [0.25, 0.3) is 0 Å². The Bertz CT molecular complexity index is 550. The minimum absolute atomic E-state index is 0.246. The van der Waals surface area contributed by atoms with Gasteiger partial charge in [-0.25, -0.2) is 13.4 Å². The van der Waals surface area contributed by atoms with Gasteiger partial charge in [0.2, 0.25) is 0 Å². The van der Waals surface area contributed by atoms with Gasteiger partial charge in [-0.1, -0.05) is 6.42 Å². The van der Waals surface area contributed by atoms with Crippen LogP contribution in [0.5, 0.6) is 0 Å². The van der Waals surface area contributed by atoms with Gasteiger partial charge < -0.3 is 9.67 Å². The van der Waals surface area contributed by atoms with E-state index in [-0.39, 0.29) is 5.75 Å². The minimum Gasteiger partial charge on any atom is -0.373 e. The van der Waals surface area contributed by atoms with Crippen LogP contribution in [0.1, 0.15) is 55.1 Å². The largest absolute Gasteiger partial charge is 0.373 e. The lowest BCUT2D eigenvalue weighted by molar-refractivity contribution is 0.0754. The number of rotatable bonds is 1. The Labute approximate surface area is 107 Å². The summed E-state index contributed by atoms with van der Waals surface area (Å²) < 4.78 is 26.0. The molecule has 1 fully saturated rings. The average Bonchev–Trinajstić information content (AvgIpc) is 2.73. The molecule has 3 rings (SSSR count). The molecule has 0 spiro atoms. The lowest BCUT2D eigenvalue weighted by atomic mass is 10.1. The third-order valence-corrected chi connectivity index (χ3v) is 6.13. The molecule has 1 aromatic heterocycles. The Morgan fingerprint density at radius 2 is 2.11 bits per heavy atom. The van der Waals surface area contributed by atoms with Crippen LogP contribution < -0.4 is 0 Å². The second kappa shape index (κ2) is 4.35. The normalized spacial score (nSPS) is 30.9. The Kier molecular flexibility index (Phi) is 2.94. The quantitative estimate of drug-likeness (QED) is 0.836. The molecule has 1 aromatic rings. The van der Waals surface area contributed by atoms with Gasteiger partial charge in [-0.2, -0.15) is 0 Å². The highest BCUT2D eigenvalue weighted by Gasteiger charge is 2.35. The average molecular weight is 270 g/mol. The molecule has 5 nitrogen and oxygen atoms in total. The first kappa shape index (κ1) is 12.2. The number of nitrogens with zero attached hydrogens (tertiary/aromatic N) is 2. The Morgan fingerprint density at radius 1 is 1.28 bits per heavy atom. The van der Waals surface area contributed by atoms with E-state index in [0.29, 0.717) is 18.7 Å². The minimum atomic E-state index is -3.10. The Morgan fingerprint density at radius 3 is 2.89 bits per heavy atom. The standard InChI is InChI=1S/C12H18N2O3S/c15-11-6-3-4-9-8-13-12(14(9)11)10-5-1-2-7-18(10,16)17/h8,10-11,15H,1-7H2. The molecule has 2 unspecified atom stereocenters. The van der Waals surface area contributed by atoms with E-state index in [9.17, 15) is 13.5 Å². The smallest absolute Gasteiger partial charge is 0.160 e. The molecule has 0 aliphatic carbocycles. The monoisotopic (exact) mass is 270 g/mol. The van der Waals surface area contributed by atoms with Crippen molar-refractivity contribution in [3.05, 3.63) is 17.7 Å². The number of aromatic nitrogens is 2. The molecule has 6 heteroatoms. The second-order valence-corrected chi connectivity index (χ2v) is 7.50. The first-order valence-corrected chi connectivity index (χ1v) is 8.27. The van der Waals surface area contributed by atoms with Crippen LogP contribution in [-0.4, -0.2) is 28.8 Å². The van der Waals surface area contributed by atoms with Crippen molar-refractivity contribution in [1.82, 2.24) is 9.55 Å². The molecule has 2 aliphatic rings. The molecule has 0 amide bonds. The van der Waals surface area contributed by atoms with Crippen LogP contribution in [0.2, 0.25) is 0 Å². The van der Waals surface area contributed by atoms with E-state index in [1.807, 2.05) is 0 Å². The Balaban J connectivity index is 2.04. The van der Waals surface area contributed by atoms with Crippen LogP contribution in [0.3, 0.4) is 0 Å². The van der Waals surface area contributed by atoms with Crippen molar-refractivity contribution < 1.29 is 13.5 Å². The molecule has 1 N–H and O–H groups in total. The van der Waals surface area contributed by atoms with Crippen molar-refractivity contribution in [2.45, 2.75) is 50.0 Å². The molecule has 18 heavy (non-hydrogen) atoms. The Hall–Kier alpha value is -0.880. The molecule has 0 saturated carbocycles. The van der Waals surface area contributed by atoms with E-state index >= 15 is 0 Å². The van der Waals surface area contributed by atoms with Gasteiger partial charge >= 0.3 is 0 Å². The lowest BCUT2D eigenvalue weighted by Crippen LogP contribution is -2.27. The van der Waals surface area contributed by atoms with Crippen molar-refractivity contribution in [1.29, 1.82) is 0 Å². The van der Waals surface area contributed by atoms with Crippen molar-refractivity contribution in [3.8, 4) is 0 Å². The third kappa shape index (κ3) is 1.87. The molecular formula is C12H18N2O3S. The highest BCUT2D eigenvalue weighted by atomic mass is 32.2. The number of aryl methyl sites for hydroxylation is 1. The molecule has 100 valence electrons. The first-order chi connectivity index (χ1) is 8.59. The predicted molar refractivity (Wildman–Crippen MR) is 66.8 cm³/mol. The van der Waals surface area contributed by atoms with Crippen LogP contribution in [0.4, 0.5) is 0 Å². The molecule has 2 aliphatic heterocycles. The number of sulfone groups is 1. The maximum Gasteiger partial charge on any atom is 0.160 e. The third-order valence-electron chi connectivity index (χ3n) is 3.96. The van der Waals surface area contributed by atoms with E-state index in [1.54, 1.807) is 10.8 Å². The summed E-state index contributed by atoms with van der Waals surface area (Å²) in [6, 6.07) is 0. The molecule has 0 bridgehead atoms. The summed E-state index contributed by atoms with van der Waals surface area (Å²) in [7, 11) is -3.10. The fourth-order valence-electron chi connectivity index (χ4n) is 3.02.